The van der Waals surface area contributed by atoms with E-state index >= 15 is 0 Å². The molecule has 0 radical (unpaired) electrons. The maximum absolute atomic E-state index is 12.5. The Labute approximate surface area is 142 Å². The monoisotopic (exact) mass is 328 g/mol. The molecule has 2 aromatic rings. The summed E-state index contributed by atoms with van der Waals surface area (Å²) >= 11 is 1.79. The molecule has 1 aliphatic heterocycles. The average molecular weight is 328 g/mol. The minimum Gasteiger partial charge on any atom is -0.325 e. The van der Waals surface area contributed by atoms with Crippen molar-refractivity contribution >= 4 is 22.9 Å². The van der Waals surface area contributed by atoms with Crippen molar-refractivity contribution in [2.45, 2.75) is 38.6 Å². The van der Waals surface area contributed by atoms with Gasteiger partial charge in [0.2, 0.25) is 5.91 Å². The van der Waals surface area contributed by atoms with Gasteiger partial charge in [-0.05, 0) is 48.4 Å². The standard InChI is InChI=1S/C19H24N2OS/c1-14(2)15-7-3-4-8-16(15)20-19(22)13-21-11-5-9-17(21)18-10-6-12-23-18/h3-4,6-8,10,12,14,17H,5,9,11,13H2,1-2H3,(H,20,22)/t17-/m0/s1. The number of nitrogens with zero attached hydrogens (tertiary/aromatic N) is 1. The van der Waals surface area contributed by atoms with Gasteiger partial charge in [-0.1, -0.05) is 38.1 Å². The summed E-state index contributed by atoms with van der Waals surface area (Å²) in [5.74, 6) is 0.485. The number of rotatable bonds is 5. The Morgan fingerprint density at radius 2 is 2.13 bits per heavy atom. The Morgan fingerprint density at radius 1 is 1.30 bits per heavy atom. The van der Waals surface area contributed by atoms with Crippen LogP contribution in [-0.4, -0.2) is 23.9 Å². The van der Waals surface area contributed by atoms with Crippen LogP contribution in [0.3, 0.4) is 0 Å². The maximum Gasteiger partial charge on any atom is 0.238 e. The lowest BCUT2D eigenvalue weighted by atomic mass is 10.0. The predicted octanol–water partition coefficient (Wildman–Crippen LogP) is 4.65. The van der Waals surface area contributed by atoms with E-state index in [9.17, 15) is 4.79 Å². The Morgan fingerprint density at radius 3 is 2.87 bits per heavy atom. The first-order chi connectivity index (χ1) is 11.1. The summed E-state index contributed by atoms with van der Waals surface area (Å²) < 4.78 is 0. The topological polar surface area (TPSA) is 32.3 Å². The molecule has 1 saturated heterocycles. The number of likely N-dealkylation sites (tertiary alicyclic amines) is 1. The zero-order valence-corrected chi connectivity index (χ0v) is 14.6. The number of benzene rings is 1. The predicted molar refractivity (Wildman–Crippen MR) is 97.0 cm³/mol. The lowest BCUT2D eigenvalue weighted by Crippen LogP contribution is -2.32. The van der Waals surface area contributed by atoms with Crippen LogP contribution in [-0.2, 0) is 4.79 Å². The second-order valence-electron chi connectivity index (χ2n) is 6.43. The molecule has 0 spiro atoms. The third-order valence-corrected chi connectivity index (χ3v) is 5.41. The van der Waals surface area contributed by atoms with Gasteiger partial charge in [-0.3, -0.25) is 9.69 Å². The van der Waals surface area contributed by atoms with E-state index < -0.39 is 0 Å². The molecule has 1 atom stereocenters. The molecule has 0 unspecified atom stereocenters. The van der Waals surface area contributed by atoms with Gasteiger partial charge in [0, 0.05) is 16.6 Å². The molecular formula is C19H24N2OS. The van der Waals surface area contributed by atoms with Gasteiger partial charge in [0.05, 0.1) is 6.54 Å². The minimum atomic E-state index is 0.0848. The van der Waals surface area contributed by atoms with Crippen LogP contribution in [0.4, 0.5) is 5.69 Å². The Kier molecular flexibility index (Phi) is 5.13. The first kappa shape index (κ1) is 16.2. The van der Waals surface area contributed by atoms with Gasteiger partial charge in [-0.2, -0.15) is 0 Å². The summed E-state index contributed by atoms with van der Waals surface area (Å²) in [6.07, 6.45) is 2.31. The molecule has 1 N–H and O–H groups in total. The quantitative estimate of drug-likeness (QED) is 0.866. The van der Waals surface area contributed by atoms with Crippen LogP contribution in [0.25, 0.3) is 0 Å². The van der Waals surface area contributed by atoms with Crippen LogP contribution >= 0.6 is 11.3 Å². The van der Waals surface area contributed by atoms with Gasteiger partial charge in [0.25, 0.3) is 0 Å². The molecule has 1 aromatic heterocycles. The van der Waals surface area contributed by atoms with Crippen LogP contribution < -0.4 is 5.32 Å². The number of carbonyl (C=O) groups is 1. The summed E-state index contributed by atoms with van der Waals surface area (Å²) in [4.78, 5) is 16.2. The third kappa shape index (κ3) is 3.82. The molecule has 1 aliphatic rings. The van der Waals surface area contributed by atoms with E-state index in [-0.39, 0.29) is 5.91 Å². The summed E-state index contributed by atoms with van der Waals surface area (Å²) in [6.45, 7) is 5.77. The van der Waals surface area contributed by atoms with Crippen molar-refractivity contribution in [2.24, 2.45) is 0 Å². The summed E-state index contributed by atoms with van der Waals surface area (Å²) in [6, 6.07) is 12.8. The van der Waals surface area contributed by atoms with E-state index in [1.165, 1.54) is 16.9 Å². The molecular weight excluding hydrogens is 304 g/mol. The van der Waals surface area contributed by atoms with Crippen LogP contribution in [0.5, 0.6) is 0 Å². The zero-order chi connectivity index (χ0) is 16.2. The van der Waals surface area contributed by atoms with Crippen LogP contribution in [0, 0.1) is 0 Å². The molecule has 1 aromatic carbocycles. The highest BCUT2D eigenvalue weighted by molar-refractivity contribution is 7.10. The van der Waals surface area contributed by atoms with Crippen LogP contribution in [0.15, 0.2) is 41.8 Å². The SMILES string of the molecule is CC(C)c1ccccc1NC(=O)CN1CCC[C@H]1c1cccs1. The second kappa shape index (κ2) is 7.28. The Bertz CT molecular complexity index is 651. The smallest absolute Gasteiger partial charge is 0.238 e. The van der Waals surface area contributed by atoms with Gasteiger partial charge < -0.3 is 5.32 Å². The molecule has 1 amide bonds. The van der Waals surface area contributed by atoms with Crippen molar-refractivity contribution in [3.05, 3.63) is 52.2 Å². The van der Waals surface area contributed by atoms with E-state index in [1.807, 2.05) is 18.2 Å². The number of nitrogens with one attached hydrogen (secondary N) is 1. The summed E-state index contributed by atoms with van der Waals surface area (Å²) in [5.41, 5.74) is 2.14. The Hall–Kier alpha value is -1.65. The van der Waals surface area contributed by atoms with Gasteiger partial charge in [0.1, 0.15) is 0 Å². The van der Waals surface area contributed by atoms with Gasteiger partial charge in [-0.15, -0.1) is 11.3 Å². The molecule has 0 bridgehead atoms. The van der Waals surface area contributed by atoms with Crippen LogP contribution in [0.2, 0.25) is 0 Å². The fourth-order valence-corrected chi connectivity index (χ4v) is 4.20. The first-order valence-electron chi connectivity index (χ1n) is 8.31. The molecule has 0 aliphatic carbocycles. The van der Waals surface area contributed by atoms with Gasteiger partial charge in [-0.25, -0.2) is 0 Å². The molecule has 122 valence electrons. The number of amides is 1. The van der Waals surface area contributed by atoms with Gasteiger partial charge >= 0.3 is 0 Å². The largest absolute Gasteiger partial charge is 0.325 e. The highest BCUT2D eigenvalue weighted by Gasteiger charge is 2.28. The number of hydrogen-bond acceptors (Lipinski definition) is 3. The Balaban J connectivity index is 1.66. The van der Waals surface area contributed by atoms with E-state index in [4.69, 9.17) is 0 Å². The fraction of sp³-hybridized carbons (Fsp3) is 0.421. The van der Waals surface area contributed by atoms with E-state index in [0.29, 0.717) is 18.5 Å². The van der Waals surface area contributed by atoms with Gasteiger partial charge in [0.15, 0.2) is 0 Å². The average Bonchev–Trinajstić information content (AvgIpc) is 3.18. The number of para-hydroxylation sites is 1. The third-order valence-electron chi connectivity index (χ3n) is 4.44. The number of thiophene rings is 1. The van der Waals surface area contributed by atoms with Crippen molar-refractivity contribution in [2.75, 3.05) is 18.4 Å². The highest BCUT2D eigenvalue weighted by atomic mass is 32.1. The van der Waals surface area contributed by atoms with Crippen molar-refractivity contribution in [3.63, 3.8) is 0 Å². The normalized spacial score (nSPS) is 18.5. The molecule has 4 heteroatoms. The number of carbonyl (C=O) groups excluding carboxylic acids is 1. The molecule has 23 heavy (non-hydrogen) atoms. The second-order valence-corrected chi connectivity index (χ2v) is 7.41. The first-order valence-corrected chi connectivity index (χ1v) is 9.19. The lowest BCUT2D eigenvalue weighted by molar-refractivity contribution is -0.117. The summed E-state index contributed by atoms with van der Waals surface area (Å²) in [5, 5.41) is 5.22. The fourth-order valence-electron chi connectivity index (χ4n) is 3.31. The molecule has 3 nitrogen and oxygen atoms in total. The van der Waals surface area contributed by atoms with Crippen LogP contribution in [0.1, 0.15) is 49.1 Å². The molecule has 2 heterocycles. The van der Waals surface area contributed by atoms with Crippen molar-refractivity contribution in [1.29, 1.82) is 0 Å². The highest BCUT2D eigenvalue weighted by Crippen LogP contribution is 2.34. The minimum absolute atomic E-state index is 0.0848. The van der Waals surface area contributed by atoms with E-state index in [2.05, 4.69) is 47.6 Å². The van der Waals surface area contributed by atoms with E-state index in [1.54, 1.807) is 11.3 Å². The van der Waals surface area contributed by atoms with Crippen molar-refractivity contribution in [3.8, 4) is 0 Å². The molecule has 0 saturated carbocycles. The molecule has 3 rings (SSSR count). The lowest BCUT2D eigenvalue weighted by Gasteiger charge is -2.23. The number of hydrogen-bond donors (Lipinski definition) is 1. The number of anilines is 1. The molecule has 1 fully saturated rings. The maximum atomic E-state index is 12.5. The van der Waals surface area contributed by atoms with E-state index in [0.717, 1.165) is 18.7 Å². The summed E-state index contributed by atoms with van der Waals surface area (Å²) in [7, 11) is 0. The van der Waals surface area contributed by atoms with Crippen molar-refractivity contribution < 1.29 is 4.79 Å². The zero-order valence-electron chi connectivity index (χ0n) is 13.8. The van der Waals surface area contributed by atoms with Crippen molar-refractivity contribution in [1.82, 2.24) is 4.90 Å².